The summed E-state index contributed by atoms with van der Waals surface area (Å²) in [6.07, 6.45) is 0. The van der Waals surface area contributed by atoms with Crippen molar-refractivity contribution in [3.8, 4) is 33.6 Å². The van der Waals surface area contributed by atoms with Crippen molar-refractivity contribution in [1.82, 2.24) is 0 Å². The molecule has 0 aliphatic heterocycles. The second kappa shape index (κ2) is 11.8. The van der Waals surface area contributed by atoms with Crippen LogP contribution in [0.3, 0.4) is 0 Å². The van der Waals surface area contributed by atoms with E-state index in [1.807, 2.05) is 18.2 Å². The topological polar surface area (TPSA) is 16.4 Å². The van der Waals surface area contributed by atoms with E-state index in [4.69, 9.17) is 4.42 Å². The smallest absolute Gasteiger partial charge is 0.135 e. The van der Waals surface area contributed by atoms with E-state index in [1.54, 1.807) is 0 Å². The van der Waals surface area contributed by atoms with Gasteiger partial charge in [0.05, 0.1) is 0 Å². The number of fused-ring (bicyclic) bond motifs is 3. The highest BCUT2D eigenvalue weighted by Gasteiger charge is 2.16. The van der Waals surface area contributed by atoms with Crippen LogP contribution in [-0.4, -0.2) is 0 Å². The molecule has 226 valence electrons. The Labute approximate surface area is 279 Å². The Hall–Kier alpha value is -6.38. The molecule has 2 nitrogen and oxygen atoms in total. The molecular formula is C46H31NO. The van der Waals surface area contributed by atoms with Crippen molar-refractivity contribution in [1.29, 1.82) is 0 Å². The summed E-state index contributed by atoms with van der Waals surface area (Å²) in [6, 6.07) is 67.0. The molecule has 0 saturated heterocycles. The maximum absolute atomic E-state index is 6.27. The fourth-order valence-corrected chi connectivity index (χ4v) is 6.71. The summed E-state index contributed by atoms with van der Waals surface area (Å²) in [5, 5.41) is 6.09. The Kier molecular flexibility index (Phi) is 6.84. The standard InChI is InChI=1S/C46H31NO/c1-3-10-36-28-38(18-16-32(36)8-1)34-20-24-42(25-21-34)47(44-14-7-13-40(30-44)46-31-41-12-5-6-15-45(41)48-46)43-26-22-35(23-27-43)39-19-17-33-9-2-4-11-37(33)29-39/h1-31H. The van der Waals surface area contributed by atoms with Crippen LogP contribution >= 0.6 is 0 Å². The maximum atomic E-state index is 6.27. The van der Waals surface area contributed by atoms with Crippen LogP contribution in [0.25, 0.3) is 66.1 Å². The molecule has 0 bridgehead atoms. The Bertz CT molecular complexity index is 2400. The van der Waals surface area contributed by atoms with Crippen molar-refractivity contribution >= 4 is 49.6 Å². The minimum absolute atomic E-state index is 0.858. The van der Waals surface area contributed by atoms with E-state index in [-0.39, 0.29) is 0 Å². The molecule has 8 aromatic carbocycles. The summed E-state index contributed by atoms with van der Waals surface area (Å²) in [4.78, 5) is 2.32. The highest BCUT2D eigenvalue weighted by molar-refractivity contribution is 5.90. The third kappa shape index (κ3) is 5.20. The van der Waals surface area contributed by atoms with E-state index in [2.05, 4.69) is 175 Å². The largest absolute Gasteiger partial charge is 0.456 e. The minimum Gasteiger partial charge on any atom is -0.456 e. The maximum Gasteiger partial charge on any atom is 0.135 e. The van der Waals surface area contributed by atoms with Gasteiger partial charge in [-0.15, -0.1) is 0 Å². The van der Waals surface area contributed by atoms with Crippen molar-refractivity contribution in [3.05, 3.63) is 188 Å². The summed E-state index contributed by atoms with van der Waals surface area (Å²) >= 11 is 0. The normalized spacial score (nSPS) is 11.3. The van der Waals surface area contributed by atoms with E-state index in [0.29, 0.717) is 0 Å². The molecule has 0 saturated carbocycles. The zero-order chi connectivity index (χ0) is 31.9. The average molecular weight is 614 g/mol. The van der Waals surface area contributed by atoms with Gasteiger partial charge in [-0.1, -0.05) is 127 Å². The lowest BCUT2D eigenvalue weighted by molar-refractivity contribution is 0.631. The second-order valence-corrected chi connectivity index (χ2v) is 12.3. The first-order chi connectivity index (χ1) is 23.7. The molecule has 0 fully saturated rings. The number of benzene rings is 8. The number of para-hydroxylation sites is 1. The summed E-state index contributed by atoms with van der Waals surface area (Å²) < 4.78 is 6.27. The quantitative estimate of drug-likeness (QED) is 0.185. The molecule has 48 heavy (non-hydrogen) atoms. The fourth-order valence-electron chi connectivity index (χ4n) is 6.71. The molecule has 2 heteroatoms. The van der Waals surface area contributed by atoms with Gasteiger partial charge in [-0.3, -0.25) is 0 Å². The number of furan rings is 1. The first-order valence-electron chi connectivity index (χ1n) is 16.3. The summed E-state index contributed by atoms with van der Waals surface area (Å²) in [7, 11) is 0. The predicted octanol–water partition coefficient (Wildman–Crippen LogP) is 13.2. The molecule has 0 radical (unpaired) electrons. The van der Waals surface area contributed by atoms with Crippen molar-refractivity contribution in [2.45, 2.75) is 0 Å². The zero-order valence-corrected chi connectivity index (χ0v) is 26.3. The van der Waals surface area contributed by atoms with Crippen molar-refractivity contribution in [2.24, 2.45) is 0 Å². The minimum atomic E-state index is 0.858. The molecule has 0 spiro atoms. The van der Waals surface area contributed by atoms with Crippen molar-refractivity contribution in [2.75, 3.05) is 4.90 Å². The highest BCUT2D eigenvalue weighted by atomic mass is 16.3. The third-order valence-electron chi connectivity index (χ3n) is 9.23. The van der Waals surface area contributed by atoms with Crippen molar-refractivity contribution < 1.29 is 4.42 Å². The van der Waals surface area contributed by atoms with Gasteiger partial charge in [0.15, 0.2) is 0 Å². The van der Waals surface area contributed by atoms with Gasteiger partial charge < -0.3 is 9.32 Å². The molecule has 0 aliphatic rings. The van der Waals surface area contributed by atoms with Gasteiger partial charge in [0.1, 0.15) is 11.3 Å². The molecule has 1 aromatic heterocycles. The van der Waals surface area contributed by atoms with Crippen LogP contribution in [-0.2, 0) is 0 Å². The van der Waals surface area contributed by atoms with Crippen LogP contribution in [0.15, 0.2) is 192 Å². The molecule has 0 unspecified atom stereocenters. The zero-order valence-electron chi connectivity index (χ0n) is 26.3. The molecule has 0 atom stereocenters. The van der Waals surface area contributed by atoms with Gasteiger partial charge in [0.2, 0.25) is 0 Å². The lowest BCUT2D eigenvalue weighted by Gasteiger charge is -2.26. The lowest BCUT2D eigenvalue weighted by atomic mass is 10.00. The Morgan fingerprint density at radius 1 is 0.292 bits per heavy atom. The van der Waals surface area contributed by atoms with E-state index < -0.39 is 0 Å². The van der Waals surface area contributed by atoms with Crippen LogP contribution in [0.4, 0.5) is 17.1 Å². The van der Waals surface area contributed by atoms with Crippen LogP contribution in [0.1, 0.15) is 0 Å². The van der Waals surface area contributed by atoms with Gasteiger partial charge in [-0.2, -0.15) is 0 Å². The number of nitrogens with zero attached hydrogens (tertiary/aromatic N) is 1. The van der Waals surface area contributed by atoms with E-state index >= 15 is 0 Å². The van der Waals surface area contributed by atoms with E-state index in [9.17, 15) is 0 Å². The van der Waals surface area contributed by atoms with Gasteiger partial charge in [0.25, 0.3) is 0 Å². The second-order valence-electron chi connectivity index (χ2n) is 12.3. The summed E-state index contributed by atoms with van der Waals surface area (Å²) in [6.45, 7) is 0. The van der Waals surface area contributed by atoms with Gasteiger partial charge in [-0.25, -0.2) is 0 Å². The van der Waals surface area contributed by atoms with Crippen molar-refractivity contribution in [3.63, 3.8) is 0 Å². The lowest BCUT2D eigenvalue weighted by Crippen LogP contribution is -2.10. The van der Waals surface area contributed by atoms with Crippen LogP contribution < -0.4 is 4.90 Å². The van der Waals surface area contributed by atoms with Crippen LogP contribution in [0, 0.1) is 0 Å². The molecule has 0 N–H and O–H groups in total. The molecule has 1 heterocycles. The summed E-state index contributed by atoms with van der Waals surface area (Å²) in [5.74, 6) is 0.858. The van der Waals surface area contributed by atoms with E-state index in [1.165, 1.54) is 43.8 Å². The number of hydrogen-bond donors (Lipinski definition) is 0. The molecule has 0 amide bonds. The highest BCUT2D eigenvalue weighted by Crippen LogP contribution is 2.39. The first kappa shape index (κ1) is 27.9. The SMILES string of the molecule is c1cc(-c2cc3ccccc3o2)cc(N(c2ccc(-c3ccc4ccccc4c3)cc2)c2ccc(-c3ccc4ccccc4c3)cc2)c1. The van der Waals surface area contributed by atoms with Gasteiger partial charge in [-0.05, 0) is 104 Å². The van der Waals surface area contributed by atoms with Gasteiger partial charge >= 0.3 is 0 Å². The molecular weight excluding hydrogens is 583 g/mol. The number of hydrogen-bond acceptors (Lipinski definition) is 2. The predicted molar refractivity (Wildman–Crippen MR) is 202 cm³/mol. The third-order valence-corrected chi connectivity index (χ3v) is 9.23. The Morgan fingerprint density at radius 3 is 1.35 bits per heavy atom. The monoisotopic (exact) mass is 613 g/mol. The van der Waals surface area contributed by atoms with Gasteiger partial charge in [0, 0.05) is 28.0 Å². The van der Waals surface area contributed by atoms with Crippen LogP contribution in [0.5, 0.6) is 0 Å². The number of anilines is 3. The summed E-state index contributed by atoms with van der Waals surface area (Å²) in [5.41, 5.74) is 9.94. The molecule has 0 aliphatic carbocycles. The average Bonchev–Trinajstić information content (AvgIpc) is 3.60. The molecule has 9 rings (SSSR count). The fraction of sp³-hybridized carbons (Fsp3) is 0. The Morgan fingerprint density at radius 2 is 0.792 bits per heavy atom. The number of rotatable bonds is 6. The van der Waals surface area contributed by atoms with E-state index in [0.717, 1.165) is 39.4 Å². The van der Waals surface area contributed by atoms with Crippen LogP contribution in [0.2, 0.25) is 0 Å². The Balaban J connectivity index is 1.12. The first-order valence-corrected chi connectivity index (χ1v) is 16.3. The molecule has 9 aromatic rings.